The minimum Gasteiger partial charge on any atom is -0.480 e. The number of likely N-dealkylation sites (tertiary alicyclic amines) is 1. The average Bonchev–Trinajstić information content (AvgIpc) is 2.70. The number of carbonyl (C=O) groups is 2. The van der Waals surface area contributed by atoms with Gasteiger partial charge >= 0.3 is 5.97 Å². The Labute approximate surface area is 170 Å². The maximum atomic E-state index is 12.3. The van der Waals surface area contributed by atoms with E-state index in [1.807, 2.05) is 66.5 Å². The molecule has 0 atom stereocenters. The maximum Gasteiger partial charge on any atom is 0.317 e. The third kappa shape index (κ3) is 6.58. The van der Waals surface area contributed by atoms with Crippen LogP contribution in [0.15, 0.2) is 54.6 Å². The van der Waals surface area contributed by atoms with Crippen molar-refractivity contribution in [2.24, 2.45) is 0 Å². The fourth-order valence-electron chi connectivity index (χ4n) is 3.50. The molecule has 1 heterocycles. The van der Waals surface area contributed by atoms with Gasteiger partial charge in [0.25, 0.3) is 0 Å². The number of hydrogen-bond acceptors (Lipinski definition) is 5. The molecule has 2 N–H and O–H groups in total. The molecule has 0 aromatic heterocycles. The molecule has 1 aliphatic heterocycles. The highest BCUT2D eigenvalue weighted by molar-refractivity contribution is 5.92. The van der Waals surface area contributed by atoms with Crippen molar-refractivity contribution in [2.75, 3.05) is 38.5 Å². The molecule has 0 spiro atoms. The molecule has 0 bridgehead atoms. The number of anilines is 1. The van der Waals surface area contributed by atoms with E-state index in [4.69, 9.17) is 9.84 Å². The number of rotatable bonds is 8. The SMILES string of the molecule is CN(CC(=O)O)C1CCN(CC(=O)Nc2ccc(Oc3ccccc3)cc2)CC1. The van der Waals surface area contributed by atoms with Gasteiger partial charge in [-0.15, -0.1) is 0 Å². The molecule has 0 unspecified atom stereocenters. The number of piperidine rings is 1. The van der Waals surface area contributed by atoms with Gasteiger partial charge in [0.1, 0.15) is 11.5 Å². The summed E-state index contributed by atoms with van der Waals surface area (Å²) in [6, 6.07) is 17.1. The van der Waals surface area contributed by atoms with Gasteiger partial charge in [-0.3, -0.25) is 19.4 Å². The number of carbonyl (C=O) groups excluding carboxylic acids is 1. The molecule has 2 aromatic rings. The van der Waals surface area contributed by atoms with E-state index in [1.54, 1.807) is 0 Å². The van der Waals surface area contributed by atoms with Gasteiger partial charge in [0.15, 0.2) is 0 Å². The number of hydrogen-bond donors (Lipinski definition) is 2. The lowest BCUT2D eigenvalue weighted by atomic mass is 10.0. The number of ether oxygens (including phenoxy) is 1. The fourth-order valence-corrected chi connectivity index (χ4v) is 3.50. The normalized spacial score (nSPS) is 15.2. The van der Waals surface area contributed by atoms with E-state index in [0.29, 0.717) is 12.3 Å². The van der Waals surface area contributed by atoms with Gasteiger partial charge in [-0.1, -0.05) is 18.2 Å². The van der Waals surface area contributed by atoms with E-state index in [0.717, 1.165) is 37.4 Å². The standard InChI is InChI=1S/C22H27N3O4/c1-24(16-22(27)28)18-11-13-25(14-12-18)15-21(26)23-17-7-9-20(10-8-17)29-19-5-3-2-4-6-19/h2-10,18H,11-16H2,1H3,(H,23,26)(H,27,28). The second-order valence-corrected chi connectivity index (χ2v) is 7.30. The van der Waals surface area contributed by atoms with Crippen molar-refractivity contribution in [1.29, 1.82) is 0 Å². The lowest BCUT2D eigenvalue weighted by molar-refractivity contribution is -0.138. The summed E-state index contributed by atoms with van der Waals surface area (Å²) in [6.07, 6.45) is 1.73. The van der Waals surface area contributed by atoms with Crippen LogP contribution in [0.25, 0.3) is 0 Å². The summed E-state index contributed by atoms with van der Waals surface area (Å²) in [5.74, 6) is 0.608. The summed E-state index contributed by atoms with van der Waals surface area (Å²) >= 11 is 0. The summed E-state index contributed by atoms with van der Waals surface area (Å²) in [5, 5.41) is 11.8. The van der Waals surface area contributed by atoms with Gasteiger partial charge in [-0.25, -0.2) is 0 Å². The van der Waals surface area contributed by atoms with Gasteiger partial charge in [0, 0.05) is 24.8 Å². The van der Waals surface area contributed by atoms with E-state index in [9.17, 15) is 9.59 Å². The van der Waals surface area contributed by atoms with Crippen molar-refractivity contribution < 1.29 is 19.4 Å². The number of para-hydroxylation sites is 1. The van der Waals surface area contributed by atoms with Gasteiger partial charge < -0.3 is 15.2 Å². The van der Waals surface area contributed by atoms with Crippen LogP contribution >= 0.6 is 0 Å². The zero-order valence-corrected chi connectivity index (χ0v) is 16.6. The predicted octanol–water partition coefficient (Wildman–Crippen LogP) is 2.90. The Morgan fingerprint density at radius 2 is 1.69 bits per heavy atom. The smallest absolute Gasteiger partial charge is 0.317 e. The zero-order chi connectivity index (χ0) is 20.6. The van der Waals surface area contributed by atoms with E-state index in [-0.39, 0.29) is 18.5 Å². The maximum absolute atomic E-state index is 12.3. The number of amides is 1. The van der Waals surface area contributed by atoms with Gasteiger partial charge in [-0.05, 0) is 56.3 Å². The summed E-state index contributed by atoms with van der Waals surface area (Å²) in [5.41, 5.74) is 0.728. The molecule has 1 saturated heterocycles. The topological polar surface area (TPSA) is 82.1 Å². The highest BCUT2D eigenvalue weighted by Crippen LogP contribution is 2.22. The second-order valence-electron chi connectivity index (χ2n) is 7.30. The highest BCUT2D eigenvalue weighted by atomic mass is 16.5. The molecule has 29 heavy (non-hydrogen) atoms. The minimum absolute atomic E-state index is 0.0507. The van der Waals surface area contributed by atoms with Crippen LogP contribution in [0.1, 0.15) is 12.8 Å². The molecular weight excluding hydrogens is 370 g/mol. The van der Waals surface area contributed by atoms with Gasteiger partial charge in [0.05, 0.1) is 13.1 Å². The summed E-state index contributed by atoms with van der Waals surface area (Å²) < 4.78 is 5.75. The quantitative estimate of drug-likeness (QED) is 0.713. The first-order valence-corrected chi connectivity index (χ1v) is 9.77. The highest BCUT2D eigenvalue weighted by Gasteiger charge is 2.24. The Bertz CT molecular complexity index is 803. The van der Waals surface area contributed by atoms with Crippen molar-refractivity contribution in [3.8, 4) is 11.5 Å². The number of carboxylic acid groups (broad SMARTS) is 1. The van der Waals surface area contributed by atoms with Gasteiger partial charge in [-0.2, -0.15) is 0 Å². The third-order valence-corrected chi connectivity index (χ3v) is 5.05. The third-order valence-electron chi connectivity index (χ3n) is 5.05. The molecule has 154 valence electrons. The number of likely N-dealkylation sites (N-methyl/N-ethyl adjacent to an activating group) is 1. The van der Waals surface area contributed by atoms with Gasteiger partial charge in [0.2, 0.25) is 5.91 Å². The molecule has 7 heteroatoms. The van der Waals surface area contributed by atoms with E-state index >= 15 is 0 Å². The first-order chi connectivity index (χ1) is 14.0. The zero-order valence-electron chi connectivity index (χ0n) is 16.6. The van der Waals surface area contributed by atoms with Crippen molar-refractivity contribution in [1.82, 2.24) is 9.80 Å². The van der Waals surface area contributed by atoms with Crippen LogP contribution in [-0.2, 0) is 9.59 Å². The summed E-state index contributed by atoms with van der Waals surface area (Å²) in [7, 11) is 1.84. The Morgan fingerprint density at radius 1 is 1.07 bits per heavy atom. The van der Waals surface area contributed by atoms with Crippen LogP contribution in [0.2, 0.25) is 0 Å². The Hall–Kier alpha value is -2.90. The van der Waals surface area contributed by atoms with Crippen LogP contribution in [0.3, 0.4) is 0 Å². The lowest BCUT2D eigenvalue weighted by Crippen LogP contribution is -2.46. The van der Waals surface area contributed by atoms with Crippen molar-refractivity contribution >= 4 is 17.6 Å². The first-order valence-electron chi connectivity index (χ1n) is 9.77. The van der Waals surface area contributed by atoms with Crippen molar-refractivity contribution in [3.05, 3.63) is 54.6 Å². The Balaban J connectivity index is 1.42. The molecule has 2 aromatic carbocycles. The van der Waals surface area contributed by atoms with Crippen LogP contribution in [0.4, 0.5) is 5.69 Å². The summed E-state index contributed by atoms with van der Waals surface area (Å²) in [6.45, 7) is 1.95. The lowest BCUT2D eigenvalue weighted by Gasteiger charge is -2.35. The van der Waals surface area contributed by atoms with E-state index in [2.05, 4.69) is 10.2 Å². The fraction of sp³-hybridized carbons (Fsp3) is 0.364. The number of nitrogens with zero attached hydrogens (tertiary/aromatic N) is 2. The molecular formula is C22H27N3O4. The molecule has 0 aliphatic carbocycles. The molecule has 7 nitrogen and oxygen atoms in total. The molecule has 1 aliphatic rings. The predicted molar refractivity (Wildman–Crippen MR) is 111 cm³/mol. The van der Waals surface area contributed by atoms with Crippen LogP contribution < -0.4 is 10.1 Å². The molecule has 0 saturated carbocycles. The second kappa shape index (κ2) is 10.0. The molecule has 1 fully saturated rings. The largest absolute Gasteiger partial charge is 0.480 e. The first kappa shape index (κ1) is 20.8. The average molecular weight is 397 g/mol. The molecule has 0 radical (unpaired) electrons. The number of aliphatic carboxylic acids is 1. The molecule has 1 amide bonds. The number of benzene rings is 2. The monoisotopic (exact) mass is 397 g/mol. The van der Waals surface area contributed by atoms with Crippen LogP contribution in [0, 0.1) is 0 Å². The molecule has 3 rings (SSSR count). The number of nitrogens with one attached hydrogen (secondary N) is 1. The minimum atomic E-state index is -0.811. The van der Waals surface area contributed by atoms with Crippen molar-refractivity contribution in [3.63, 3.8) is 0 Å². The van der Waals surface area contributed by atoms with Crippen molar-refractivity contribution in [2.45, 2.75) is 18.9 Å². The van der Waals surface area contributed by atoms with Crippen LogP contribution in [0.5, 0.6) is 11.5 Å². The van der Waals surface area contributed by atoms with E-state index < -0.39 is 5.97 Å². The van der Waals surface area contributed by atoms with E-state index in [1.165, 1.54) is 0 Å². The van der Waals surface area contributed by atoms with Crippen LogP contribution in [-0.4, -0.2) is 66.1 Å². The Morgan fingerprint density at radius 3 is 2.31 bits per heavy atom. The number of carboxylic acids is 1. The summed E-state index contributed by atoms with van der Waals surface area (Å²) in [4.78, 5) is 27.2. The Kier molecular flexibility index (Phi) is 7.21.